The molecular formula is C74H85F4N3O13PS4Si-. The van der Waals surface area contributed by atoms with Gasteiger partial charge in [0.15, 0.2) is 11.6 Å². The normalized spacial score (nSPS) is 11.1. The minimum absolute atomic E-state index is 0. The second kappa shape index (κ2) is 41.0. The third-order valence-electron chi connectivity index (χ3n) is 15.5. The molecule has 0 fully saturated rings. The summed E-state index contributed by atoms with van der Waals surface area (Å²) < 4.78 is 132. The van der Waals surface area contributed by atoms with E-state index in [4.69, 9.17) is 26.5 Å². The first-order valence-electron chi connectivity index (χ1n) is 30.9. The topological polar surface area (TPSA) is 217 Å². The van der Waals surface area contributed by atoms with Crippen LogP contribution in [0.1, 0.15) is 58.2 Å². The molecule has 0 spiro atoms. The summed E-state index contributed by atoms with van der Waals surface area (Å²) in [6.07, 6.45) is 1.14. The Labute approximate surface area is 591 Å². The zero-order chi connectivity index (χ0) is 72.0. The summed E-state index contributed by atoms with van der Waals surface area (Å²) in [5, 5.41) is 4.04. The second-order valence-electron chi connectivity index (χ2n) is 23.6. The third kappa shape index (κ3) is 27.7. The fraction of sp³-hybridized carbons (Fsp3) is 0.243. The lowest BCUT2D eigenvalue weighted by Crippen LogP contribution is -3.00. The SMILES string of the molecule is CN=P(c1ccccc1)(c1ccccc1)c1ccccc1.COc1ccc(C(=O)c2ccc(OS(=O)(=O)CCN(CCS(C)(=O)=O)c3ccccc3)cc2)cc1.Cc1ccc(C(=O)c2ccc(O[Si](C)(C)C(C)(C)C)cc2)cc1.F.O=S(=O)(F)CCN(CCF)c1ccccc1.O=S=O.[F-]. The summed E-state index contributed by atoms with van der Waals surface area (Å²) in [6.45, 7) is 12.7. The molecule has 0 saturated carbocycles. The number of benzene rings is 9. The molecule has 26 heteroatoms. The molecule has 0 aliphatic rings. The highest BCUT2D eigenvalue weighted by atomic mass is 32.3. The van der Waals surface area contributed by atoms with Gasteiger partial charge in [-0.2, -0.15) is 25.3 Å². The average Bonchev–Trinajstić information content (AvgIpc) is 0.763. The number of para-hydroxylation sites is 2. The molecule has 9 aromatic carbocycles. The molecular weight excluding hydrogens is 1400 g/mol. The van der Waals surface area contributed by atoms with E-state index in [0.29, 0.717) is 39.4 Å². The zero-order valence-corrected chi connectivity index (χ0v) is 62.3. The van der Waals surface area contributed by atoms with Crippen LogP contribution < -0.4 is 43.8 Å². The smallest absolute Gasteiger partial charge is 0.335 e. The number of ether oxygens (including phenoxy) is 1. The predicted molar refractivity (Wildman–Crippen MR) is 399 cm³/mol. The van der Waals surface area contributed by atoms with Gasteiger partial charge in [0.2, 0.25) is 8.32 Å². The minimum Gasteiger partial charge on any atom is -1.00 e. The molecule has 0 unspecified atom stereocenters. The van der Waals surface area contributed by atoms with E-state index in [1.807, 2.05) is 68.6 Å². The number of carbonyl (C=O) groups is 2. The van der Waals surface area contributed by atoms with Crippen molar-refractivity contribution in [2.45, 2.75) is 45.8 Å². The number of anilines is 2. The van der Waals surface area contributed by atoms with Gasteiger partial charge in [-0.15, -0.1) is 3.89 Å². The van der Waals surface area contributed by atoms with Crippen LogP contribution >= 0.6 is 7.05 Å². The van der Waals surface area contributed by atoms with Crippen molar-refractivity contribution < 1.29 is 74.3 Å². The van der Waals surface area contributed by atoms with Crippen LogP contribution in [0, 0.1) is 6.92 Å². The fourth-order valence-corrected chi connectivity index (χ4v) is 15.7. The Kier molecular flexibility index (Phi) is 35.0. The van der Waals surface area contributed by atoms with Crippen molar-refractivity contribution in [2.75, 3.05) is 80.3 Å². The van der Waals surface area contributed by atoms with Crippen molar-refractivity contribution in [2.24, 2.45) is 4.74 Å². The monoisotopic (exact) mass is 1490 g/mol. The van der Waals surface area contributed by atoms with Crippen molar-refractivity contribution in [1.82, 2.24) is 0 Å². The van der Waals surface area contributed by atoms with Crippen molar-refractivity contribution in [3.8, 4) is 17.2 Å². The first-order chi connectivity index (χ1) is 46.5. The van der Waals surface area contributed by atoms with E-state index in [2.05, 4.69) is 125 Å². The lowest BCUT2D eigenvalue weighted by Gasteiger charge is -2.36. The Morgan fingerprint density at radius 3 is 1.16 bits per heavy atom. The molecule has 536 valence electrons. The van der Waals surface area contributed by atoms with Crippen LogP contribution in [0.25, 0.3) is 0 Å². The molecule has 0 bridgehead atoms. The number of halogens is 4. The fourth-order valence-electron chi connectivity index (χ4n) is 9.31. The van der Waals surface area contributed by atoms with Gasteiger partial charge in [0.05, 0.1) is 25.7 Å². The Hall–Kier alpha value is -8.84. The van der Waals surface area contributed by atoms with Crippen molar-refractivity contribution in [3.05, 3.63) is 277 Å². The molecule has 0 amide bonds. The van der Waals surface area contributed by atoms with Crippen LogP contribution in [0.3, 0.4) is 0 Å². The van der Waals surface area contributed by atoms with Gasteiger partial charge in [-0.25, -0.2) is 12.8 Å². The van der Waals surface area contributed by atoms with Crippen molar-refractivity contribution >= 4 is 96.0 Å². The minimum atomic E-state index is -4.51. The second-order valence-corrected chi connectivity index (χ2v) is 37.1. The quantitative estimate of drug-likeness (QED) is 0.0130. The molecule has 0 aromatic heterocycles. The summed E-state index contributed by atoms with van der Waals surface area (Å²) in [4.78, 5) is 28.3. The molecule has 0 radical (unpaired) electrons. The molecule has 16 nitrogen and oxygen atoms in total. The number of sulfone groups is 1. The van der Waals surface area contributed by atoms with E-state index in [1.54, 1.807) is 90.9 Å². The number of nitrogens with zero attached hydrogens (tertiary/aromatic N) is 3. The number of ketones is 2. The maximum atomic E-state index is 12.6. The summed E-state index contributed by atoms with van der Waals surface area (Å²) in [6, 6.07) is 77.4. The van der Waals surface area contributed by atoms with Crippen LogP contribution in [-0.4, -0.2) is 124 Å². The van der Waals surface area contributed by atoms with Gasteiger partial charge >= 0.3 is 31.9 Å². The van der Waals surface area contributed by atoms with Gasteiger partial charge < -0.3 is 27.9 Å². The van der Waals surface area contributed by atoms with E-state index < -0.39 is 69.5 Å². The van der Waals surface area contributed by atoms with Crippen LogP contribution in [-0.2, 0) is 41.7 Å². The summed E-state index contributed by atoms with van der Waals surface area (Å²) in [5.41, 5.74) is 4.82. The molecule has 0 saturated heterocycles. The zero-order valence-electron chi connectivity index (χ0n) is 57.1. The molecule has 9 rings (SSSR count). The van der Waals surface area contributed by atoms with E-state index in [-0.39, 0.29) is 69.4 Å². The van der Waals surface area contributed by atoms with Gasteiger partial charge in [-0.3, -0.25) is 19.0 Å². The lowest BCUT2D eigenvalue weighted by molar-refractivity contribution is -0.0000469. The maximum absolute atomic E-state index is 12.6. The Bertz CT molecular complexity index is 4280. The Balaban J connectivity index is 0.000000353. The van der Waals surface area contributed by atoms with Gasteiger partial charge in [-0.1, -0.05) is 178 Å². The third-order valence-corrected chi connectivity index (χ3v) is 26.4. The number of alkyl halides is 1. The number of aryl methyl sites for hydroxylation is 1. The van der Waals surface area contributed by atoms with Gasteiger partial charge in [0, 0.05) is 89.0 Å². The van der Waals surface area contributed by atoms with Crippen molar-refractivity contribution in [3.63, 3.8) is 0 Å². The number of hydrogen-bond donors (Lipinski definition) is 0. The molecule has 0 heterocycles. The first kappa shape index (κ1) is 85.4. The summed E-state index contributed by atoms with van der Waals surface area (Å²) in [7, 11) is -12.0. The van der Waals surface area contributed by atoms with Crippen LogP contribution in [0.15, 0.2) is 253 Å². The maximum Gasteiger partial charge on any atom is 0.335 e. The summed E-state index contributed by atoms with van der Waals surface area (Å²) >= 11 is -0.750. The highest BCUT2D eigenvalue weighted by Crippen LogP contribution is 2.45. The van der Waals surface area contributed by atoms with E-state index >= 15 is 0 Å². The highest BCUT2D eigenvalue weighted by Gasteiger charge is 2.39. The molecule has 0 N–H and O–H groups in total. The Morgan fingerprint density at radius 2 is 0.830 bits per heavy atom. The van der Waals surface area contributed by atoms with E-state index in [9.17, 15) is 43.1 Å². The standard InChI is InChI=1S/C25H27NO7S2.C20H26O2Si.C19H18NP.C10H13F2NO2S.2FH.O2S/c1-32-23-12-8-20(9-13-23)25(27)21-10-14-24(15-11-21)33-35(30,31)19-17-26(16-18-34(2,28)29)22-6-4-3-5-7-22;1-15-7-9-16(10-8-15)19(21)17-11-13-18(14-12-17)22-23(5,6)20(2,3)4;1-20-21(17-11-5-2-6-12-17,18-13-7-3-8-14-18)19-15-9-4-10-16-19;11-6-7-13(8-9-16(12,14)15)10-4-2-1-3-5-10;;;1-3-2/h3-15H,16-19H2,1-2H3;7-14H,1-6H3;2-16H,1H3;1-5H,6-9H2;2*1H;/p-1. The number of rotatable bonds is 25. The lowest BCUT2D eigenvalue weighted by atomic mass is 10.0. The Morgan fingerprint density at radius 1 is 0.510 bits per heavy atom. The average molecular weight is 1490 g/mol. The van der Waals surface area contributed by atoms with Gasteiger partial charge in [0.25, 0.3) is 0 Å². The molecule has 0 aliphatic heterocycles. The van der Waals surface area contributed by atoms with Crippen LogP contribution in [0.2, 0.25) is 18.1 Å². The predicted octanol–water partition coefficient (Wildman–Crippen LogP) is 10.8. The largest absolute Gasteiger partial charge is 1.00 e. The first-order valence-corrected chi connectivity index (χ1v) is 41.5. The molecule has 0 aliphatic carbocycles. The number of methoxy groups -OCH3 is 1. The number of carbonyl (C=O) groups excluding carboxylic acids is 2. The van der Waals surface area contributed by atoms with Gasteiger partial charge in [0.1, 0.15) is 39.5 Å². The van der Waals surface area contributed by atoms with E-state index in [0.717, 1.165) is 17.6 Å². The molecule has 9 aromatic rings. The van der Waals surface area contributed by atoms with Gasteiger partial charge in [-0.05, 0) is 122 Å². The number of hydrogen-bond acceptors (Lipinski definition) is 16. The van der Waals surface area contributed by atoms with Crippen LogP contribution in [0.5, 0.6) is 17.2 Å². The van der Waals surface area contributed by atoms with E-state index in [1.165, 1.54) is 45.1 Å². The molecule has 100 heavy (non-hydrogen) atoms. The van der Waals surface area contributed by atoms with Crippen molar-refractivity contribution in [1.29, 1.82) is 0 Å². The van der Waals surface area contributed by atoms with Crippen LogP contribution in [0.4, 0.5) is 24.4 Å². The molecule has 0 atom stereocenters. The summed E-state index contributed by atoms with van der Waals surface area (Å²) in [5.74, 6) is 0.315. The highest BCUT2D eigenvalue weighted by molar-refractivity contribution is 7.90.